The van der Waals surface area contributed by atoms with Gasteiger partial charge in [-0.15, -0.1) is 12.4 Å². The fraction of sp³-hybridized carbons (Fsp3) is 0.692. The van der Waals surface area contributed by atoms with Crippen LogP contribution >= 0.6 is 12.4 Å². The van der Waals surface area contributed by atoms with E-state index >= 15 is 0 Å². The maximum absolute atomic E-state index is 12.0. The number of rotatable bonds is 5. The molecule has 1 saturated carbocycles. The molecule has 2 rings (SSSR count). The molecule has 0 unspecified atom stereocenters. The molecule has 0 aliphatic heterocycles. The van der Waals surface area contributed by atoms with Crippen LogP contribution in [0.1, 0.15) is 44.2 Å². The van der Waals surface area contributed by atoms with E-state index in [1.807, 2.05) is 0 Å². The second-order valence-electron chi connectivity index (χ2n) is 5.30. The number of halogens is 1. The summed E-state index contributed by atoms with van der Waals surface area (Å²) in [7, 11) is 0. The molecule has 1 aliphatic rings. The number of carbonyl (C=O) groups is 1. The number of nitrogens with one attached hydrogen (secondary N) is 2. The predicted octanol–water partition coefficient (Wildman–Crippen LogP) is 1.75. The Morgan fingerprint density at radius 1 is 1.42 bits per heavy atom. The SMILES string of the molecule is Cl.NCC1(CC(=O)NCc2cnc[nH]2)CCCCC1. The number of amides is 1. The highest BCUT2D eigenvalue weighted by Gasteiger charge is 2.32. The fourth-order valence-electron chi connectivity index (χ4n) is 2.73. The van der Waals surface area contributed by atoms with Gasteiger partial charge in [-0.05, 0) is 24.8 Å². The molecule has 19 heavy (non-hydrogen) atoms. The second kappa shape index (κ2) is 7.50. The van der Waals surface area contributed by atoms with Crippen molar-refractivity contribution in [3.05, 3.63) is 18.2 Å². The summed E-state index contributed by atoms with van der Waals surface area (Å²) in [6.45, 7) is 1.13. The highest BCUT2D eigenvalue weighted by molar-refractivity contribution is 5.85. The average Bonchev–Trinajstić information content (AvgIpc) is 2.91. The Hall–Kier alpha value is -1.07. The zero-order chi connectivity index (χ0) is 12.8. The number of hydrogen-bond donors (Lipinski definition) is 3. The molecule has 1 aromatic heterocycles. The number of hydrogen-bond acceptors (Lipinski definition) is 3. The number of aromatic nitrogens is 2. The number of imidazole rings is 1. The van der Waals surface area contributed by atoms with Crippen molar-refractivity contribution in [1.82, 2.24) is 15.3 Å². The molecule has 0 bridgehead atoms. The standard InChI is InChI=1S/C13H22N4O.ClH/c14-9-13(4-2-1-3-5-13)6-12(18)16-8-11-7-15-10-17-11;/h7,10H,1-6,8-9,14H2,(H,15,17)(H,16,18);1H. The second-order valence-corrected chi connectivity index (χ2v) is 5.30. The molecule has 1 amide bonds. The van der Waals surface area contributed by atoms with E-state index in [0.717, 1.165) is 18.5 Å². The van der Waals surface area contributed by atoms with Gasteiger partial charge in [-0.1, -0.05) is 19.3 Å². The molecule has 0 atom stereocenters. The summed E-state index contributed by atoms with van der Waals surface area (Å²) in [5.74, 6) is 0.0944. The first-order chi connectivity index (χ1) is 8.74. The summed E-state index contributed by atoms with van der Waals surface area (Å²) in [5, 5.41) is 2.93. The van der Waals surface area contributed by atoms with Crippen LogP contribution in [0.25, 0.3) is 0 Å². The normalized spacial score (nSPS) is 17.5. The third-order valence-corrected chi connectivity index (χ3v) is 3.91. The van der Waals surface area contributed by atoms with Crippen LogP contribution in [0.3, 0.4) is 0 Å². The van der Waals surface area contributed by atoms with Crippen LogP contribution in [-0.2, 0) is 11.3 Å². The van der Waals surface area contributed by atoms with Gasteiger partial charge in [0.25, 0.3) is 0 Å². The Morgan fingerprint density at radius 2 is 2.16 bits per heavy atom. The lowest BCUT2D eigenvalue weighted by Crippen LogP contribution is -2.38. The van der Waals surface area contributed by atoms with Gasteiger partial charge in [0.15, 0.2) is 0 Å². The Labute approximate surface area is 120 Å². The minimum Gasteiger partial charge on any atom is -0.350 e. The Morgan fingerprint density at radius 3 is 2.74 bits per heavy atom. The van der Waals surface area contributed by atoms with Crippen LogP contribution in [0.4, 0.5) is 0 Å². The maximum Gasteiger partial charge on any atom is 0.220 e. The van der Waals surface area contributed by atoms with E-state index in [0.29, 0.717) is 19.5 Å². The van der Waals surface area contributed by atoms with Gasteiger partial charge < -0.3 is 16.0 Å². The maximum atomic E-state index is 12.0. The topological polar surface area (TPSA) is 83.8 Å². The van der Waals surface area contributed by atoms with Crippen LogP contribution in [0.15, 0.2) is 12.5 Å². The third kappa shape index (κ3) is 4.51. The molecule has 6 heteroatoms. The van der Waals surface area contributed by atoms with E-state index in [4.69, 9.17) is 5.73 Å². The summed E-state index contributed by atoms with van der Waals surface area (Å²) in [4.78, 5) is 18.9. The van der Waals surface area contributed by atoms with Crippen molar-refractivity contribution in [1.29, 1.82) is 0 Å². The van der Waals surface area contributed by atoms with E-state index in [-0.39, 0.29) is 23.7 Å². The highest BCUT2D eigenvalue weighted by atomic mass is 35.5. The van der Waals surface area contributed by atoms with Crippen molar-refractivity contribution < 1.29 is 4.79 Å². The zero-order valence-corrected chi connectivity index (χ0v) is 12.0. The molecule has 1 aromatic rings. The molecule has 4 N–H and O–H groups in total. The van der Waals surface area contributed by atoms with E-state index in [2.05, 4.69) is 15.3 Å². The summed E-state index contributed by atoms with van der Waals surface area (Å²) >= 11 is 0. The lowest BCUT2D eigenvalue weighted by molar-refractivity contribution is -0.124. The van der Waals surface area contributed by atoms with E-state index in [9.17, 15) is 4.79 Å². The summed E-state index contributed by atoms with van der Waals surface area (Å²) in [6.07, 6.45) is 9.73. The molecular formula is C13H23ClN4O. The van der Waals surface area contributed by atoms with Crippen molar-refractivity contribution in [3.8, 4) is 0 Å². The molecule has 1 aliphatic carbocycles. The Bertz CT molecular complexity index is 374. The first kappa shape index (κ1) is 16.0. The van der Waals surface area contributed by atoms with Gasteiger partial charge in [0.1, 0.15) is 0 Å². The quantitative estimate of drug-likeness (QED) is 0.771. The van der Waals surface area contributed by atoms with Gasteiger partial charge in [0.05, 0.1) is 18.6 Å². The number of nitrogens with zero attached hydrogens (tertiary/aromatic N) is 1. The highest BCUT2D eigenvalue weighted by Crippen LogP contribution is 2.38. The van der Waals surface area contributed by atoms with E-state index in [1.54, 1.807) is 12.5 Å². The molecular weight excluding hydrogens is 264 g/mol. The minimum absolute atomic E-state index is 0. The van der Waals surface area contributed by atoms with Crippen LogP contribution in [0.5, 0.6) is 0 Å². The van der Waals surface area contributed by atoms with Crippen molar-refractivity contribution in [2.24, 2.45) is 11.1 Å². The molecule has 0 saturated heterocycles. The summed E-state index contributed by atoms with van der Waals surface area (Å²) in [5.41, 5.74) is 6.84. The van der Waals surface area contributed by atoms with Gasteiger partial charge in [-0.2, -0.15) is 0 Å². The Balaban J connectivity index is 0.00000180. The first-order valence-corrected chi connectivity index (χ1v) is 6.68. The third-order valence-electron chi connectivity index (χ3n) is 3.91. The molecule has 108 valence electrons. The van der Waals surface area contributed by atoms with Gasteiger partial charge in [-0.25, -0.2) is 4.98 Å². The predicted molar refractivity (Wildman–Crippen MR) is 76.9 cm³/mol. The van der Waals surface area contributed by atoms with Crippen molar-refractivity contribution in [2.45, 2.75) is 45.1 Å². The molecule has 1 heterocycles. The molecule has 0 radical (unpaired) electrons. The largest absolute Gasteiger partial charge is 0.350 e. The van der Waals surface area contributed by atoms with Crippen LogP contribution < -0.4 is 11.1 Å². The van der Waals surface area contributed by atoms with Crippen molar-refractivity contribution in [3.63, 3.8) is 0 Å². The zero-order valence-electron chi connectivity index (χ0n) is 11.2. The van der Waals surface area contributed by atoms with Gasteiger partial charge >= 0.3 is 0 Å². The monoisotopic (exact) mass is 286 g/mol. The van der Waals surface area contributed by atoms with Crippen LogP contribution in [0, 0.1) is 5.41 Å². The number of carbonyl (C=O) groups excluding carboxylic acids is 1. The molecule has 0 aromatic carbocycles. The average molecular weight is 287 g/mol. The lowest BCUT2D eigenvalue weighted by Gasteiger charge is -2.35. The van der Waals surface area contributed by atoms with Gasteiger partial charge in [0, 0.05) is 12.6 Å². The van der Waals surface area contributed by atoms with Gasteiger partial charge in [-0.3, -0.25) is 4.79 Å². The fourth-order valence-corrected chi connectivity index (χ4v) is 2.73. The number of aromatic amines is 1. The lowest BCUT2D eigenvalue weighted by atomic mass is 9.71. The Kier molecular flexibility index (Phi) is 6.31. The molecule has 1 fully saturated rings. The minimum atomic E-state index is 0. The molecule has 5 nitrogen and oxygen atoms in total. The van der Waals surface area contributed by atoms with E-state index < -0.39 is 0 Å². The first-order valence-electron chi connectivity index (χ1n) is 6.68. The van der Waals surface area contributed by atoms with Crippen molar-refractivity contribution >= 4 is 18.3 Å². The van der Waals surface area contributed by atoms with Crippen LogP contribution in [0.2, 0.25) is 0 Å². The van der Waals surface area contributed by atoms with E-state index in [1.165, 1.54) is 19.3 Å². The number of nitrogens with two attached hydrogens (primary N) is 1. The van der Waals surface area contributed by atoms with Crippen LogP contribution in [-0.4, -0.2) is 22.4 Å². The number of H-pyrrole nitrogens is 1. The van der Waals surface area contributed by atoms with Crippen molar-refractivity contribution in [2.75, 3.05) is 6.54 Å². The van der Waals surface area contributed by atoms with Gasteiger partial charge in [0.2, 0.25) is 5.91 Å². The summed E-state index contributed by atoms with van der Waals surface area (Å²) in [6, 6.07) is 0. The smallest absolute Gasteiger partial charge is 0.220 e. The molecule has 0 spiro atoms. The summed E-state index contributed by atoms with van der Waals surface area (Å²) < 4.78 is 0.